The zero-order chi connectivity index (χ0) is 12.1. The number of terminal acetylenes is 1. The van der Waals surface area contributed by atoms with Gasteiger partial charge >= 0.3 is 5.97 Å². The normalized spacial score (nSPS) is 11.6. The molecule has 0 radical (unpaired) electrons. The highest BCUT2D eigenvalue weighted by molar-refractivity contribution is 5.94. The van der Waals surface area contributed by atoms with Crippen LogP contribution in [0.2, 0.25) is 0 Å². The van der Waals surface area contributed by atoms with E-state index in [4.69, 9.17) is 16.6 Å². The van der Waals surface area contributed by atoms with Crippen LogP contribution >= 0.6 is 0 Å². The number of benzene rings is 1. The minimum Gasteiger partial charge on any atom is -0.478 e. The first-order valence-corrected chi connectivity index (χ1v) is 4.76. The van der Waals surface area contributed by atoms with Gasteiger partial charge in [-0.1, -0.05) is 12.0 Å². The first-order valence-electron chi connectivity index (χ1n) is 4.76. The Morgan fingerprint density at radius 3 is 2.81 bits per heavy atom. The van der Waals surface area contributed by atoms with Gasteiger partial charge in [0.1, 0.15) is 6.04 Å². The maximum Gasteiger partial charge on any atom is 0.337 e. The summed E-state index contributed by atoms with van der Waals surface area (Å²) < 4.78 is 0. The largest absolute Gasteiger partial charge is 0.478 e. The second kappa shape index (κ2) is 5.19. The summed E-state index contributed by atoms with van der Waals surface area (Å²) in [6, 6.07) is 4.31. The third-order valence-corrected chi connectivity index (χ3v) is 2.12. The van der Waals surface area contributed by atoms with Crippen LogP contribution in [0.1, 0.15) is 15.9 Å². The van der Waals surface area contributed by atoms with Crippen LogP contribution in [0.4, 0.5) is 5.69 Å². The third-order valence-electron chi connectivity index (χ3n) is 2.12. The number of aliphatic hydroxyl groups is 1. The molecule has 3 N–H and O–H groups in total. The van der Waals surface area contributed by atoms with Gasteiger partial charge < -0.3 is 15.5 Å². The molecule has 0 heterocycles. The number of hydrogen-bond donors (Lipinski definition) is 3. The van der Waals surface area contributed by atoms with E-state index in [1.165, 1.54) is 6.07 Å². The van der Waals surface area contributed by atoms with Crippen molar-refractivity contribution < 1.29 is 15.0 Å². The maximum atomic E-state index is 10.9. The predicted octanol–water partition coefficient (Wildman–Crippen LogP) is 1.10. The van der Waals surface area contributed by atoms with Crippen molar-refractivity contribution in [3.05, 3.63) is 29.3 Å². The van der Waals surface area contributed by atoms with Crippen LogP contribution < -0.4 is 5.32 Å². The molecular formula is C12H13NO3. The second-order valence-corrected chi connectivity index (χ2v) is 3.40. The summed E-state index contributed by atoms with van der Waals surface area (Å²) >= 11 is 0. The highest BCUT2D eigenvalue weighted by Gasteiger charge is 2.12. The Morgan fingerprint density at radius 1 is 1.62 bits per heavy atom. The van der Waals surface area contributed by atoms with Crippen molar-refractivity contribution in [2.45, 2.75) is 13.0 Å². The van der Waals surface area contributed by atoms with Crippen LogP contribution in [-0.4, -0.2) is 28.8 Å². The van der Waals surface area contributed by atoms with Crippen molar-refractivity contribution in [3.8, 4) is 12.3 Å². The number of rotatable bonds is 4. The molecule has 1 rings (SSSR count). The molecule has 16 heavy (non-hydrogen) atoms. The minimum absolute atomic E-state index is 0.138. The van der Waals surface area contributed by atoms with Gasteiger partial charge in [0.05, 0.1) is 12.2 Å². The third kappa shape index (κ3) is 2.75. The van der Waals surface area contributed by atoms with Crippen LogP contribution in [0.25, 0.3) is 0 Å². The van der Waals surface area contributed by atoms with Gasteiger partial charge in [-0.05, 0) is 24.6 Å². The van der Waals surface area contributed by atoms with E-state index in [0.29, 0.717) is 5.69 Å². The van der Waals surface area contributed by atoms with E-state index in [0.717, 1.165) is 5.56 Å². The van der Waals surface area contributed by atoms with Crippen molar-refractivity contribution in [1.29, 1.82) is 0 Å². The van der Waals surface area contributed by atoms with E-state index in [1.54, 1.807) is 12.1 Å². The molecule has 4 nitrogen and oxygen atoms in total. The number of carboxylic acid groups (broad SMARTS) is 1. The van der Waals surface area contributed by atoms with Gasteiger partial charge in [0.15, 0.2) is 0 Å². The van der Waals surface area contributed by atoms with Crippen molar-refractivity contribution in [2.24, 2.45) is 0 Å². The summed E-state index contributed by atoms with van der Waals surface area (Å²) in [5.41, 5.74) is 1.48. The van der Waals surface area contributed by atoms with Crippen LogP contribution in [0.5, 0.6) is 0 Å². The molecular weight excluding hydrogens is 206 g/mol. The molecule has 0 amide bonds. The SMILES string of the molecule is C#CC(CO)Nc1cc(C)ccc1C(=O)O. The lowest BCUT2D eigenvalue weighted by molar-refractivity contribution is 0.0698. The summed E-state index contributed by atoms with van der Waals surface area (Å²) in [7, 11) is 0. The van der Waals surface area contributed by atoms with Crippen molar-refractivity contribution in [2.75, 3.05) is 11.9 Å². The summed E-state index contributed by atoms with van der Waals surface area (Å²) in [5.74, 6) is 1.30. The Kier molecular flexibility index (Phi) is 3.92. The lowest BCUT2D eigenvalue weighted by atomic mass is 10.1. The molecule has 0 bridgehead atoms. The fraction of sp³-hybridized carbons (Fsp3) is 0.250. The Labute approximate surface area is 93.9 Å². The fourth-order valence-corrected chi connectivity index (χ4v) is 1.29. The number of aryl methyl sites for hydroxylation is 1. The first-order chi connectivity index (χ1) is 7.58. The van der Waals surface area contributed by atoms with Gasteiger partial charge in [0, 0.05) is 5.69 Å². The van der Waals surface area contributed by atoms with Gasteiger partial charge in [0.25, 0.3) is 0 Å². The van der Waals surface area contributed by atoms with E-state index in [-0.39, 0.29) is 12.2 Å². The number of aromatic carboxylic acids is 1. The molecule has 0 aliphatic rings. The van der Waals surface area contributed by atoms with Gasteiger partial charge in [-0.25, -0.2) is 4.79 Å². The highest BCUT2D eigenvalue weighted by Crippen LogP contribution is 2.18. The zero-order valence-electron chi connectivity index (χ0n) is 8.90. The van der Waals surface area contributed by atoms with Crippen LogP contribution in [-0.2, 0) is 0 Å². The molecule has 0 saturated carbocycles. The number of carboxylic acids is 1. The first kappa shape index (κ1) is 12.1. The fourth-order valence-electron chi connectivity index (χ4n) is 1.29. The topological polar surface area (TPSA) is 69.6 Å². The molecule has 0 fully saturated rings. The average molecular weight is 219 g/mol. The van der Waals surface area contributed by atoms with E-state index in [9.17, 15) is 4.79 Å². The van der Waals surface area contributed by atoms with E-state index < -0.39 is 12.0 Å². The molecule has 84 valence electrons. The maximum absolute atomic E-state index is 10.9. The number of anilines is 1. The van der Waals surface area contributed by atoms with Crippen LogP contribution in [0.3, 0.4) is 0 Å². The van der Waals surface area contributed by atoms with Crippen LogP contribution in [0, 0.1) is 19.3 Å². The molecule has 1 atom stereocenters. The van der Waals surface area contributed by atoms with Crippen molar-refractivity contribution in [1.82, 2.24) is 0 Å². The molecule has 0 aromatic heterocycles. The van der Waals surface area contributed by atoms with Gasteiger partial charge in [0.2, 0.25) is 0 Å². The Bertz CT molecular complexity index is 434. The number of hydrogen-bond acceptors (Lipinski definition) is 3. The predicted molar refractivity (Wildman–Crippen MR) is 61.5 cm³/mol. The summed E-state index contributed by atoms with van der Waals surface area (Å²) in [4.78, 5) is 10.9. The highest BCUT2D eigenvalue weighted by atomic mass is 16.4. The molecule has 0 aliphatic carbocycles. The second-order valence-electron chi connectivity index (χ2n) is 3.40. The number of nitrogens with one attached hydrogen (secondary N) is 1. The van der Waals surface area contributed by atoms with Gasteiger partial charge in [-0.15, -0.1) is 6.42 Å². The van der Waals surface area contributed by atoms with Crippen molar-refractivity contribution in [3.63, 3.8) is 0 Å². The molecule has 1 unspecified atom stereocenters. The molecule has 0 spiro atoms. The average Bonchev–Trinajstić information content (AvgIpc) is 2.25. The molecule has 1 aromatic carbocycles. The number of aliphatic hydroxyl groups excluding tert-OH is 1. The summed E-state index contributed by atoms with van der Waals surface area (Å²) in [6.45, 7) is 1.60. The summed E-state index contributed by atoms with van der Waals surface area (Å²) in [6.07, 6.45) is 5.18. The Morgan fingerprint density at radius 2 is 2.31 bits per heavy atom. The molecule has 4 heteroatoms. The molecule has 0 aliphatic heterocycles. The van der Waals surface area contributed by atoms with E-state index in [2.05, 4.69) is 11.2 Å². The Hall–Kier alpha value is -1.99. The van der Waals surface area contributed by atoms with E-state index >= 15 is 0 Å². The van der Waals surface area contributed by atoms with E-state index in [1.807, 2.05) is 6.92 Å². The van der Waals surface area contributed by atoms with Gasteiger partial charge in [-0.2, -0.15) is 0 Å². The molecule has 1 aromatic rings. The molecule has 0 saturated heterocycles. The minimum atomic E-state index is -1.03. The van der Waals surface area contributed by atoms with Crippen LogP contribution in [0.15, 0.2) is 18.2 Å². The zero-order valence-corrected chi connectivity index (χ0v) is 8.90. The van der Waals surface area contributed by atoms with Crippen molar-refractivity contribution >= 4 is 11.7 Å². The quantitative estimate of drug-likeness (QED) is 0.663. The standard InChI is InChI=1S/C12H13NO3/c1-3-9(7-14)13-11-6-8(2)4-5-10(11)12(15)16/h1,4-6,9,13-14H,7H2,2H3,(H,15,16). The number of carbonyl (C=O) groups is 1. The van der Waals surface area contributed by atoms with Gasteiger partial charge in [-0.3, -0.25) is 0 Å². The monoisotopic (exact) mass is 219 g/mol. The lowest BCUT2D eigenvalue weighted by Gasteiger charge is -2.14. The lowest BCUT2D eigenvalue weighted by Crippen LogP contribution is -2.22. The Balaban J connectivity index is 3.06. The summed E-state index contributed by atoms with van der Waals surface area (Å²) in [5, 5.41) is 20.7. The smallest absolute Gasteiger partial charge is 0.337 e.